The van der Waals surface area contributed by atoms with Crippen molar-refractivity contribution >= 4 is 22.6 Å². The Morgan fingerprint density at radius 1 is 1.43 bits per heavy atom. The quantitative estimate of drug-likeness (QED) is 0.710. The molecule has 1 saturated heterocycles. The second kappa shape index (κ2) is 6.78. The van der Waals surface area contributed by atoms with Crippen LogP contribution in [0.15, 0.2) is 24.3 Å². The van der Waals surface area contributed by atoms with Gasteiger partial charge in [-0.3, -0.25) is 0 Å². The lowest BCUT2D eigenvalue weighted by molar-refractivity contribution is 0.181. The molecule has 1 heterocycles. The summed E-state index contributed by atoms with van der Waals surface area (Å²) < 4.78 is 30.2. The van der Waals surface area contributed by atoms with Crippen LogP contribution in [0, 0.1) is 5.92 Å². The van der Waals surface area contributed by atoms with Gasteiger partial charge in [-0.25, -0.2) is 12.7 Å². The van der Waals surface area contributed by atoms with Crippen LogP contribution in [0.25, 0.3) is 0 Å². The van der Waals surface area contributed by atoms with Crippen LogP contribution in [-0.2, 0) is 10.0 Å². The number of rotatable bonds is 5. The van der Waals surface area contributed by atoms with Gasteiger partial charge in [0.2, 0.25) is 10.0 Å². The molecule has 0 amide bonds. The molecular formula is C13H20BNO5S. The first-order valence-electron chi connectivity index (χ1n) is 6.90. The topological polar surface area (TPSA) is 87.1 Å². The highest BCUT2D eigenvalue weighted by Crippen LogP contribution is 2.20. The number of hydrogen-bond acceptors (Lipinski definition) is 5. The van der Waals surface area contributed by atoms with E-state index in [4.69, 9.17) is 14.8 Å². The smallest absolute Gasteiger partial charge is 0.488 e. The summed E-state index contributed by atoms with van der Waals surface area (Å²) >= 11 is 0. The van der Waals surface area contributed by atoms with E-state index in [2.05, 4.69) is 0 Å². The largest absolute Gasteiger partial charge is 0.493 e. The molecule has 2 rings (SSSR count). The Kier molecular flexibility index (Phi) is 5.26. The van der Waals surface area contributed by atoms with Gasteiger partial charge in [-0.2, -0.15) is 0 Å². The highest BCUT2D eigenvalue weighted by atomic mass is 32.2. The van der Waals surface area contributed by atoms with Crippen LogP contribution in [0.1, 0.15) is 12.8 Å². The SMILES string of the molecule is CS(=O)(=O)N1CCCC(COc2cccc(B(O)O)c2)C1. The molecule has 6 nitrogen and oxygen atoms in total. The number of ether oxygens (including phenoxy) is 1. The Bertz CT molecular complexity index is 578. The molecule has 0 bridgehead atoms. The zero-order chi connectivity index (χ0) is 15.5. The van der Waals surface area contributed by atoms with Crippen molar-refractivity contribution in [1.29, 1.82) is 0 Å². The first kappa shape index (κ1) is 16.3. The van der Waals surface area contributed by atoms with Gasteiger partial charge in [0, 0.05) is 19.0 Å². The van der Waals surface area contributed by atoms with E-state index >= 15 is 0 Å². The first-order valence-corrected chi connectivity index (χ1v) is 8.75. The first-order chi connectivity index (χ1) is 9.86. The number of sulfonamides is 1. The summed E-state index contributed by atoms with van der Waals surface area (Å²) in [4.78, 5) is 0. The minimum Gasteiger partial charge on any atom is -0.493 e. The molecule has 2 N–H and O–H groups in total. The van der Waals surface area contributed by atoms with Crippen LogP contribution in [0.5, 0.6) is 5.75 Å². The summed E-state index contributed by atoms with van der Waals surface area (Å²) in [5.41, 5.74) is 0.369. The molecule has 8 heteroatoms. The summed E-state index contributed by atoms with van der Waals surface area (Å²) in [6.07, 6.45) is 2.98. The summed E-state index contributed by atoms with van der Waals surface area (Å²) in [5.74, 6) is 0.702. The average molecular weight is 313 g/mol. The molecule has 1 atom stereocenters. The van der Waals surface area contributed by atoms with Gasteiger partial charge >= 0.3 is 7.12 Å². The van der Waals surface area contributed by atoms with Crippen LogP contribution in [-0.4, -0.2) is 55.8 Å². The highest BCUT2D eigenvalue weighted by molar-refractivity contribution is 7.88. The molecule has 0 radical (unpaired) electrons. The molecule has 0 saturated carbocycles. The molecule has 0 spiro atoms. The molecule has 1 fully saturated rings. The van der Waals surface area contributed by atoms with Crippen molar-refractivity contribution in [3.63, 3.8) is 0 Å². The third-order valence-corrected chi connectivity index (χ3v) is 4.86. The van der Waals surface area contributed by atoms with E-state index in [0.29, 0.717) is 30.9 Å². The maximum Gasteiger partial charge on any atom is 0.488 e. The van der Waals surface area contributed by atoms with E-state index in [1.165, 1.54) is 10.6 Å². The lowest BCUT2D eigenvalue weighted by atomic mass is 9.80. The van der Waals surface area contributed by atoms with E-state index in [0.717, 1.165) is 12.8 Å². The monoisotopic (exact) mass is 313 g/mol. The van der Waals surface area contributed by atoms with Crippen molar-refractivity contribution in [3.05, 3.63) is 24.3 Å². The lowest BCUT2D eigenvalue weighted by Crippen LogP contribution is -2.41. The van der Waals surface area contributed by atoms with Crippen molar-refractivity contribution in [3.8, 4) is 5.75 Å². The highest BCUT2D eigenvalue weighted by Gasteiger charge is 2.26. The zero-order valence-electron chi connectivity index (χ0n) is 12.0. The number of nitrogens with zero attached hydrogens (tertiary/aromatic N) is 1. The molecule has 0 aliphatic carbocycles. The summed E-state index contributed by atoms with van der Waals surface area (Å²) in [6.45, 7) is 1.46. The Labute approximate surface area is 125 Å². The summed E-state index contributed by atoms with van der Waals surface area (Å²) in [5, 5.41) is 18.2. The van der Waals surface area contributed by atoms with Crippen LogP contribution in [0.2, 0.25) is 0 Å². The van der Waals surface area contributed by atoms with Gasteiger partial charge < -0.3 is 14.8 Å². The molecule has 1 aliphatic heterocycles. The Morgan fingerprint density at radius 2 is 2.19 bits per heavy atom. The van der Waals surface area contributed by atoms with Gasteiger partial charge in [0.15, 0.2) is 0 Å². The van der Waals surface area contributed by atoms with Gasteiger partial charge in [0.25, 0.3) is 0 Å². The number of piperidine rings is 1. The van der Waals surface area contributed by atoms with E-state index in [1.54, 1.807) is 24.3 Å². The molecule has 21 heavy (non-hydrogen) atoms. The second-order valence-electron chi connectivity index (χ2n) is 5.39. The zero-order valence-corrected chi connectivity index (χ0v) is 12.8. The number of hydrogen-bond donors (Lipinski definition) is 2. The van der Waals surface area contributed by atoms with E-state index < -0.39 is 17.1 Å². The minimum absolute atomic E-state index is 0.149. The van der Waals surface area contributed by atoms with Crippen molar-refractivity contribution in [2.75, 3.05) is 26.0 Å². The maximum atomic E-state index is 11.6. The van der Waals surface area contributed by atoms with E-state index in [9.17, 15) is 8.42 Å². The predicted molar refractivity (Wildman–Crippen MR) is 80.9 cm³/mol. The second-order valence-corrected chi connectivity index (χ2v) is 7.37. The minimum atomic E-state index is -3.15. The van der Waals surface area contributed by atoms with Gasteiger partial charge in [0.05, 0.1) is 12.9 Å². The fourth-order valence-corrected chi connectivity index (χ4v) is 3.39. The fraction of sp³-hybridized carbons (Fsp3) is 0.538. The Hall–Kier alpha value is -1.09. The van der Waals surface area contributed by atoms with Gasteiger partial charge in [-0.15, -0.1) is 0 Å². The fourth-order valence-electron chi connectivity index (χ4n) is 2.44. The third kappa shape index (κ3) is 4.71. The van der Waals surface area contributed by atoms with Crippen molar-refractivity contribution < 1.29 is 23.2 Å². The molecule has 116 valence electrons. The van der Waals surface area contributed by atoms with Crippen molar-refractivity contribution in [1.82, 2.24) is 4.31 Å². The Morgan fingerprint density at radius 3 is 2.86 bits per heavy atom. The normalized spacial score (nSPS) is 20.2. The average Bonchev–Trinajstić information content (AvgIpc) is 2.45. The van der Waals surface area contributed by atoms with Gasteiger partial charge in [0.1, 0.15) is 5.75 Å². The lowest BCUT2D eigenvalue weighted by Gasteiger charge is -2.30. The summed E-state index contributed by atoms with van der Waals surface area (Å²) in [6, 6.07) is 6.60. The molecular weight excluding hydrogens is 293 g/mol. The van der Waals surface area contributed by atoms with Crippen LogP contribution in [0.3, 0.4) is 0 Å². The maximum absolute atomic E-state index is 11.6. The van der Waals surface area contributed by atoms with Crippen LogP contribution >= 0.6 is 0 Å². The van der Waals surface area contributed by atoms with E-state index in [1.807, 2.05) is 0 Å². The van der Waals surface area contributed by atoms with Crippen molar-refractivity contribution in [2.24, 2.45) is 5.92 Å². The predicted octanol–water partition coefficient (Wildman–Crippen LogP) is -0.583. The molecule has 1 aliphatic rings. The van der Waals surface area contributed by atoms with Crippen molar-refractivity contribution in [2.45, 2.75) is 12.8 Å². The molecule has 1 aromatic carbocycles. The van der Waals surface area contributed by atoms with Crippen LogP contribution in [0.4, 0.5) is 0 Å². The molecule has 1 aromatic rings. The number of benzene rings is 1. The Balaban J connectivity index is 1.92. The molecule has 0 aromatic heterocycles. The standard InChI is InChI=1S/C13H20BNO5S/c1-21(18,19)15-7-3-4-11(9-15)10-20-13-6-2-5-12(8-13)14(16)17/h2,5-6,8,11,16-17H,3-4,7,9-10H2,1H3. The molecule has 1 unspecified atom stereocenters. The summed E-state index contributed by atoms with van der Waals surface area (Å²) in [7, 11) is -4.67. The van der Waals surface area contributed by atoms with E-state index in [-0.39, 0.29) is 5.92 Å². The van der Waals surface area contributed by atoms with Crippen LogP contribution < -0.4 is 10.2 Å². The van der Waals surface area contributed by atoms with Gasteiger partial charge in [-0.05, 0) is 30.4 Å². The van der Waals surface area contributed by atoms with Gasteiger partial charge in [-0.1, -0.05) is 12.1 Å². The third-order valence-electron chi connectivity index (χ3n) is 3.59.